The Kier molecular flexibility index (Phi) is 2.66. The van der Waals surface area contributed by atoms with Crippen molar-refractivity contribution in [1.82, 2.24) is 19.9 Å². The monoisotopic (exact) mass is 288 g/mol. The Hall–Kier alpha value is -1.69. The van der Waals surface area contributed by atoms with Gasteiger partial charge < -0.3 is 4.90 Å². The van der Waals surface area contributed by atoms with E-state index in [-0.39, 0.29) is 5.91 Å². The third-order valence-electron chi connectivity index (χ3n) is 4.00. The molecule has 5 nitrogen and oxygen atoms in total. The van der Waals surface area contributed by atoms with Crippen molar-refractivity contribution in [1.29, 1.82) is 0 Å². The maximum absolute atomic E-state index is 12.2. The first-order valence-electron chi connectivity index (χ1n) is 6.98. The Bertz CT molecular complexity index is 652. The quantitative estimate of drug-likeness (QED) is 0.870. The highest BCUT2D eigenvalue weighted by Gasteiger charge is 2.35. The fraction of sp³-hybridized carbons (Fsp3) is 0.500. The summed E-state index contributed by atoms with van der Waals surface area (Å²) < 4.78 is 1.93. The van der Waals surface area contributed by atoms with Gasteiger partial charge in [-0.3, -0.25) is 4.79 Å². The molecule has 6 heteroatoms. The lowest BCUT2D eigenvalue weighted by molar-refractivity contribution is 0.0503. The fourth-order valence-corrected chi connectivity index (χ4v) is 3.36. The molecule has 0 N–H and O–H groups in total. The van der Waals surface area contributed by atoms with Gasteiger partial charge in [0.2, 0.25) is 0 Å². The number of hydrogen-bond donors (Lipinski definition) is 0. The van der Waals surface area contributed by atoms with Gasteiger partial charge in [-0.1, -0.05) is 5.21 Å². The summed E-state index contributed by atoms with van der Waals surface area (Å²) in [6.45, 7) is 3.50. The van der Waals surface area contributed by atoms with Crippen LogP contribution in [0.5, 0.6) is 0 Å². The molecule has 1 saturated carbocycles. The van der Waals surface area contributed by atoms with Crippen LogP contribution in [0.3, 0.4) is 0 Å². The summed E-state index contributed by atoms with van der Waals surface area (Å²) in [6.07, 6.45) is 4.54. The van der Waals surface area contributed by atoms with Gasteiger partial charge >= 0.3 is 0 Å². The Morgan fingerprint density at radius 2 is 2.15 bits per heavy atom. The minimum absolute atomic E-state index is 0.141. The van der Waals surface area contributed by atoms with Crippen molar-refractivity contribution in [2.45, 2.75) is 31.7 Å². The minimum atomic E-state index is 0.141. The highest BCUT2D eigenvalue weighted by atomic mass is 32.1. The third-order valence-corrected chi connectivity index (χ3v) is 4.99. The summed E-state index contributed by atoms with van der Waals surface area (Å²) in [5.41, 5.74) is 1.11. The van der Waals surface area contributed by atoms with Crippen LogP contribution in [0.4, 0.5) is 0 Å². The smallest absolute Gasteiger partial charge is 0.264 e. The molecule has 0 bridgehead atoms. The van der Waals surface area contributed by atoms with Gasteiger partial charge in [0.15, 0.2) is 0 Å². The Morgan fingerprint density at radius 1 is 1.35 bits per heavy atom. The van der Waals surface area contributed by atoms with Gasteiger partial charge in [-0.15, -0.1) is 16.4 Å². The van der Waals surface area contributed by atoms with Crippen molar-refractivity contribution in [2.75, 3.05) is 13.1 Å². The first kappa shape index (κ1) is 12.1. The molecule has 0 radical (unpaired) electrons. The van der Waals surface area contributed by atoms with Crippen LogP contribution in [0.25, 0.3) is 0 Å². The number of nitrogens with zero attached hydrogens (tertiary/aromatic N) is 4. The third kappa shape index (κ3) is 2.04. The molecule has 3 heterocycles. The van der Waals surface area contributed by atoms with Gasteiger partial charge in [0, 0.05) is 30.1 Å². The van der Waals surface area contributed by atoms with Crippen molar-refractivity contribution < 1.29 is 4.79 Å². The van der Waals surface area contributed by atoms with Crippen molar-refractivity contribution in [3.05, 3.63) is 33.8 Å². The van der Waals surface area contributed by atoms with E-state index in [2.05, 4.69) is 16.5 Å². The first-order valence-corrected chi connectivity index (χ1v) is 7.80. The highest BCUT2D eigenvalue weighted by molar-refractivity contribution is 7.13. The Labute approximate surface area is 121 Å². The van der Waals surface area contributed by atoms with Gasteiger partial charge in [0.05, 0.1) is 16.6 Å². The maximum Gasteiger partial charge on any atom is 0.264 e. The molecule has 104 valence electrons. The molecular formula is C14H16N4OS. The summed E-state index contributed by atoms with van der Waals surface area (Å²) in [5, 5.41) is 8.43. The van der Waals surface area contributed by atoms with Crippen molar-refractivity contribution >= 4 is 17.2 Å². The van der Waals surface area contributed by atoms with E-state index in [0.29, 0.717) is 12.0 Å². The van der Waals surface area contributed by atoms with Crippen LogP contribution in [0.1, 0.15) is 45.0 Å². The number of likely N-dealkylation sites (tertiary alicyclic amines) is 1. The van der Waals surface area contributed by atoms with Gasteiger partial charge in [0.1, 0.15) is 0 Å². The molecule has 2 aliphatic rings. The Balaban J connectivity index is 1.39. The summed E-state index contributed by atoms with van der Waals surface area (Å²) >= 11 is 1.56. The van der Waals surface area contributed by atoms with Gasteiger partial charge in [-0.25, -0.2) is 4.68 Å². The van der Waals surface area contributed by atoms with Crippen LogP contribution in [0.2, 0.25) is 0 Å². The standard InChI is InChI=1S/C14H16N4OS/c1-9-2-5-13(20-9)14(19)17-6-11(7-17)18-8-12(15-16-18)10-3-4-10/h2,5,8,10-11H,3-4,6-7H2,1H3. The van der Waals surface area contributed by atoms with Crippen molar-refractivity contribution in [3.63, 3.8) is 0 Å². The van der Waals surface area contributed by atoms with Crippen LogP contribution in [-0.4, -0.2) is 38.9 Å². The maximum atomic E-state index is 12.2. The highest BCUT2D eigenvalue weighted by Crippen LogP contribution is 2.39. The normalized spacial score (nSPS) is 19.1. The lowest BCUT2D eigenvalue weighted by Crippen LogP contribution is -2.50. The van der Waals surface area contributed by atoms with E-state index in [1.165, 1.54) is 17.7 Å². The van der Waals surface area contributed by atoms with Crippen LogP contribution >= 0.6 is 11.3 Å². The van der Waals surface area contributed by atoms with Crippen molar-refractivity contribution in [2.24, 2.45) is 0 Å². The van der Waals surface area contributed by atoms with E-state index in [9.17, 15) is 4.79 Å². The Morgan fingerprint density at radius 3 is 2.80 bits per heavy atom. The van der Waals surface area contributed by atoms with Crippen LogP contribution < -0.4 is 0 Å². The molecule has 4 rings (SSSR count). The molecule has 2 aromatic heterocycles. The molecule has 0 aromatic carbocycles. The molecular weight excluding hydrogens is 272 g/mol. The van der Waals surface area contributed by atoms with E-state index in [1.54, 1.807) is 11.3 Å². The zero-order valence-corrected chi connectivity index (χ0v) is 12.1. The second-order valence-electron chi connectivity index (χ2n) is 5.67. The molecule has 1 amide bonds. The zero-order chi connectivity index (χ0) is 13.7. The van der Waals surface area contributed by atoms with Gasteiger partial charge in [0.25, 0.3) is 5.91 Å². The first-order chi connectivity index (χ1) is 9.70. The average molecular weight is 288 g/mol. The van der Waals surface area contributed by atoms with Crippen LogP contribution in [0, 0.1) is 6.92 Å². The molecule has 0 spiro atoms. The zero-order valence-electron chi connectivity index (χ0n) is 11.3. The number of aryl methyl sites for hydroxylation is 1. The molecule has 20 heavy (non-hydrogen) atoms. The predicted octanol–water partition coefficient (Wildman–Crippen LogP) is 2.22. The summed E-state index contributed by atoms with van der Waals surface area (Å²) in [4.78, 5) is 16.1. The van der Waals surface area contributed by atoms with Crippen LogP contribution in [-0.2, 0) is 0 Å². The minimum Gasteiger partial charge on any atom is -0.334 e. The SMILES string of the molecule is Cc1ccc(C(=O)N2CC(n3cc(C4CC4)nn3)C2)s1. The molecule has 2 aromatic rings. The number of aromatic nitrogens is 3. The summed E-state index contributed by atoms with van der Waals surface area (Å²) in [6, 6.07) is 4.20. The van der Waals surface area contributed by atoms with Crippen molar-refractivity contribution in [3.8, 4) is 0 Å². The van der Waals surface area contributed by atoms with E-state index >= 15 is 0 Å². The largest absolute Gasteiger partial charge is 0.334 e. The van der Waals surface area contributed by atoms with E-state index in [1.807, 2.05) is 28.6 Å². The topological polar surface area (TPSA) is 51.0 Å². The number of rotatable bonds is 3. The second-order valence-corrected chi connectivity index (χ2v) is 6.96. The van der Waals surface area contributed by atoms with E-state index < -0.39 is 0 Å². The van der Waals surface area contributed by atoms with Crippen LogP contribution in [0.15, 0.2) is 18.3 Å². The molecule has 1 saturated heterocycles. The molecule has 0 atom stereocenters. The number of carbonyl (C=O) groups excluding carboxylic acids is 1. The molecule has 1 aliphatic carbocycles. The lowest BCUT2D eigenvalue weighted by atomic mass is 10.1. The second kappa shape index (κ2) is 4.41. The fourth-order valence-electron chi connectivity index (χ4n) is 2.53. The number of thiophene rings is 1. The van der Waals surface area contributed by atoms with E-state index in [0.717, 1.165) is 23.7 Å². The van der Waals surface area contributed by atoms with Gasteiger partial charge in [-0.05, 0) is 31.9 Å². The van der Waals surface area contributed by atoms with Gasteiger partial charge in [-0.2, -0.15) is 0 Å². The lowest BCUT2D eigenvalue weighted by Gasteiger charge is -2.38. The summed E-state index contributed by atoms with van der Waals surface area (Å²) in [5.74, 6) is 0.775. The number of carbonyl (C=O) groups is 1. The molecule has 2 fully saturated rings. The van der Waals surface area contributed by atoms with E-state index in [4.69, 9.17) is 0 Å². The predicted molar refractivity (Wildman–Crippen MR) is 76.0 cm³/mol. The molecule has 1 aliphatic heterocycles. The molecule has 0 unspecified atom stereocenters. The number of hydrogen-bond acceptors (Lipinski definition) is 4. The number of amides is 1. The summed E-state index contributed by atoms with van der Waals surface area (Å²) in [7, 11) is 0. The average Bonchev–Trinajstić information content (AvgIpc) is 2.96.